The van der Waals surface area contributed by atoms with Crippen LogP contribution >= 0.6 is 11.8 Å². The molecule has 3 nitrogen and oxygen atoms in total. The minimum absolute atomic E-state index is 0.334. The number of methoxy groups -OCH3 is 1. The van der Waals surface area contributed by atoms with Crippen LogP contribution < -0.4 is 0 Å². The molecule has 4 heteroatoms. The Bertz CT molecular complexity index is 312. The van der Waals surface area contributed by atoms with Crippen LogP contribution in [0.5, 0.6) is 0 Å². The van der Waals surface area contributed by atoms with Gasteiger partial charge in [0.1, 0.15) is 0 Å². The molecule has 1 rings (SSSR count). The van der Waals surface area contributed by atoms with Crippen LogP contribution in [0.4, 0.5) is 0 Å². The lowest BCUT2D eigenvalue weighted by molar-refractivity contribution is 0.0697. The third-order valence-corrected chi connectivity index (χ3v) is 2.58. The average molecular weight is 212 g/mol. The van der Waals surface area contributed by atoms with Gasteiger partial charge in [0.25, 0.3) is 0 Å². The van der Waals surface area contributed by atoms with Crippen molar-refractivity contribution in [3.8, 4) is 0 Å². The molecule has 0 fully saturated rings. The zero-order chi connectivity index (χ0) is 10.4. The Morgan fingerprint density at radius 2 is 2.36 bits per heavy atom. The highest BCUT2D eigenvalue weighted by Gasteiger charge is 2.02. The monoisotopic (exact) mass is 212 g/mol. The maximum atomic E-state index is 10.7. The van der Waals surface area contributed by atoms with E-state index in [-0.39, 0.29) is 0 Å². The van der Waals surface area contributed by atoms with E-state index in [1.54, 1.807) is 37.1 Å². The second-order valence-electron chi connectivity index (χ2n) is 2.76. The maximum Gasteiger partial charge on any atom is 0.335 e. The molecule has 0 aromatic heterocycles. The van der Waals surface area contributed by atoms with Gasteiger partial charge in [-0.25, -0.2) is 4.79 Å². The Labute approximate surface area is 87.1 Å². The lowest BCUT2D eigenvalue weighted by Crippen LogP contribution is -1.96. The molecule has 0 saturated heterocycles. The Kier molecular flexibility index (Phi) is 4.49. The SMILES string of the molecule is COCSCc1cccc(C(=O)O)c1. The van der Waals surface area contributed by atoms with Crippen LogP contribution in [0.15, 0.2) is 24.3 Å². The van der Waals surface area contributed by atoms with Crippen molar-refractivity contribution in [3.05, 3.63) is 35.4 Å². The van der Waals surface area contributed by atoms with Crippen molar-refractivity contribution in [2.24, 2.45) is 0 Å². The van der Waals surface area contributed by atoms with E-state index >= 15 is 0 Å². The number of benzene rings is 1. The van der Waals surface area contributed by atoms with Crippen LogP contribution in [-0.2, 0) is 10.5 Å². The van der Waals surface area contributed by atoms with Gasteiger partial charge in [-0.1, -0.05) is 12.1 Å². The Morgan fingerprint density at radius 1 is 1.57 bits per heavy atom. The van der Waals surface area contributed by atoms with Gasteiger partial charge >= 0.3 is 5.97 Å². The zero-order valence-corrected chi connectivity index (χ0v) is 8.71. The van der Waals surface area contributed by atoms with E-state index in [2.05, 4.69) is 0 Å². The molecule has 1 N–H and O–H groups in total. The Morgan fingerprint density at radius 3 is 3.00 bits per heavy atom. The lowest BCUT2D eigenvalue weighted by Gasteiger charge is -2.01. The highest BCUT2D eigenvalue weighted by molar-refractivity contribution is 7.98. The van der Waals surface area contributed by atoms with Gasteiger partial charge in [0.05, 0.1) is 11.5 Å². The molecule has 0 unspecified atom stereocenters. The first-order chi connectivity index (χ1) is 6.74. The van der Waals surface area contributed by atoms with Gasteiger partial charge in [-0.05, 0) is 17.7 Å². The molecule has 0 spiro atoms. The van der Waals surface area contributed by atoms with Gasteiger partial charge in [0.15, 0.2) is 0 Å². The maximum absolute atomic E-state index is 10.7. The molecule has 0 bridgehead atoms. The predicted octanol–water partition coefficient (Wildman–Crippen LogP) is 2.22. The van der Waals surface area contributed by atoms with Crippen molar-refractivity contribution < 1.29 is 14.6 Å². The molecule has 1 aromatic rings. The molecule has 76 valence electrons. The first-order valence-corrected chi connectivity index (χ1v) is 5.28. The number of aromatic carboxylic acids is 1. The third-order valence-electron chi connectivity index (χ3n) is 1.64. The quantitative estimate of drug-likeness (QED) is 0.600. The van der Waals surface area contributed by atoms with E-state index in [4.69, 9.17) is 9.84 Å². The molecule has 0 aliphatic carbocycles. The molecule has 0 aliphatic heterocycles. The van der Waals surface area contributed by atoms with Crippen LogP contribution in [0.25, 0.3) is 0 Å². The molecule has 0 saturated carbocycles. The van der Waals surface area contributed by atoms with Crippen LogP contribution in [0, 0.1) is 0 Å². The smallest absolute Gasteiger partial charge is 0.335 e. The van der Waals surface area contributed by atoms with Gasteiger partial charge < -0.3 is 9.84 Å². The van der Waals surface area contributed by atoms with E-state index < -0.39 is 5.97 Å². The van der Waals surface area contributed by atoms with Gasteiger partial charge in [0.2, 0.25) is 0 Å². The Balaban J connectivity index is 2.59. The Hall–Kier alpha value is -1.00. The summed E-state index contributed by atoms with van der Waals surface area (Å²) in [4.78, 5) is 10.7. The van der Waals surface area contributed by atoms with E-state index in [0.29, 0.717) is 11.5 Å². The van der Waals surface area contributed by atoms with E-state index in [9.17, 15) is 4.79 Å². The number of rotatable bonds is 5. The van der Waals surface area contributed by atoms with Gasteiger partial charge in [-0.2, -0.15) is 0 Å². The summed E-state index contributed by atoms with van der Waals surface area (Å²) >= 11 is 1.61. The summed E-state index contributed by atoms with van der Waals surface area (Å²) in [5.74, 6) is 0.510. The van der Waals surface area contributed by atoms with Crippen LogP contribution in [0.2, 0.25) is 0 Å². The minimum atomic E-state index is -0.886. The first-order valence-electron chi connectivity index (χ1n) is 4.13. The summed E-state index contributed by atoms with van der Waals surface area (Å²) in [7, 11) is 1.64. The van der Waals surface area contributed by atoms with Crippen LogP contribution in [0.3, 0.4) is 0 Å². The zero-order valence-electron chi connectivity index (χ0n) is 7.90. The van der Waals surface area contributed by atoms with Crippen molar-refractivity contribution in [3.63, 3.8) is 0 Å². The molecular weight excluding hydrogens is 200 g/mol. The number of carboxylic acids is 1. The summed E-state index contributed by atoms with van der Waals surface area (Å²) in [5.41, 5.74) is 1.34. The fourth-order valence-corrected chi connectivity index (χ4v) is 1.70. The van der Waals surface area contributed by atoms with Crippen LogP contribution in [0.1, 0.15) is 15.9 Å². The minimum Gasteiger partial charge on any atom is -0.478 e. The summed E-state index contributed by atoms with van der Waals surface area (Å²) < 4.78 is 4.89. The van der Waals surface area contributed by atoms with E-state index in [1.807, 2.05) is 6.07 Å². The molecule has 14 heavy (non-hydrogen) atoms. The molecule has 0 atom stereocenters. The number of hydrogen-bond acceptors (Lipinski definition) is 3. The molecule has 0 amide bonds. The molecule has 1 aromatic carbocycles. The summed E-state index contributed by atoms with van der Waals surface area (Å²) in [6.45, 7) is 0. The van der Waals surface area contributed by atoms with Crippen molar-refractivity contribution in [1.29, 1.82) is 0 Å². The summed E-state index contributed by atoms with van der Waals surface area (Å²) in [6, 6.07) is 6.94. The average Bonchev–Trinajstić information content (AvgIpc) is 2.19. The largest absolute Gasteiger partial charge is 0.478 e. The standard InChI is InChI=1S/C10H12O3S/c1-13-7-14-6-8-3-2-4-9(5-8)10(11)12/h2-5H,6-7H2,1H3,(H,11,12). The lowest BCUT2D eigenvalue weighted by atomic mass is 10.1. The van der Waals surface area contributed by atoms with Crippen molar-refractivity contribution >= 4 is 17.7 Å². The highest BCUT2D eigenvalue weighted by Crippen LogP contribution is 2.13. The first kappa shape index (κ1) is 11.1. The van der Waals surface area contributed by atoms with Crippen LogP contribution in [-0.4, -0.2) is 24.1 Å². The second kappa shape index (κ2) is 5.67. The van der Waals surface area contributed by atoms with Crippen molar-refractivity contribution in [2.75, 3.05) is 13.0 Å². The fourth-order valence-electron chi connectivity index (χ4n) is 1.04. The van der Waals surface area contributed by atoms with E-state index in [1.165, 1.54) is 0 Å². The third kappa shape index (κ3) is 3.40. The number of ether oxygens (including phenoxy) is 1. The van der Waals surface area contributed by atoms with Gasteiger partial charge in [-0.15, -0.1) is 11.8 Å². The summed E-state index contributed by atoms with van der Waals surface area (Å²) in [6.07, 6.45) is 0. The second-order valence-corrected chi connectivity index (χ2v) is 3.69. The van der Waals surface area contributed by atoms with Gasteiger partial charge in [0, 0.05) is 12.9 Å². The van der Waals surface area contributed by atoms with Gasteiger partial charge in [-0.3, -0.25) is 0 Å². The molecule has 0 radical (unpaired) electrons. The number of hydrogen-bond donors (Lipinski definition) is 1. The van der Waals surface area contributed by atoms with Crippen molar-refractivity contribution in [1.82, 2.24) is 0 Å². The van der Waals surface area contributed by atoms with Crippen molar-refractivity contribution in [2.45, 2.75) is 5.75 Å². The molecule has 0 aliphatic rings. The fraction of sp³-hybridized carbons (Fsp3) is 0.300. The summed E-state index contributed by atoms with van der Waals surface area (Å²) in [5, 5.41) is 8.75. The normalized spacial score (nSPS) is 10.1. The topological polar surface area (TPSA) is 46.5 Å². The molecule has 0 heterocycles. The number of carboxylic acid groups (broad SMARTS) is 1. The number of carbonyl (C=O) groups is 1. The predicted molar refractivity (Wildman–Crippen MR) is 56.6 cm³/mol. The number of thioether (sulfide) groups is 1. The van der Waals surface area contributed by atoms with E-state index in [0.717, 1.165) is 11.3 Å². The highest BCUT2D eigenvalue weighted by atomic mass is 32.2. The molecular formula is C10H12O3S.